The number of nitrogens with one attached hydrogen (secondary N) is 12. The van der Waals surface area contributed by atoms with Crippen molar-refractivity contribution < 1.29 is 43.0 Å². The molecular formula is C43H57N19O9. The molecule has 28 heteroatoms. The van der Waals surface area contributed by atoms with Gasteiger partial charge in [-0.1, -0.05) is 6.92 Å². The summed E-state index contributed by atoms with van der Waals surface area (Å²) < 4.78 is 10.8. The maximum atomic E-state index is 14.5. The minimum Gasteiger partial charge on any atom is -0.379 e. The van der Waals surface area contributed by atoms with Crippen LogP contribution in [0.1, 0.15) is 47.5 Å². The fourth-order valence-corrected chi connectivity index (χ4v) is 7.09. The first-order valence-corrected chi connectivity index (χ1v) is 22.5. The Balaban J connectivity index is 1.21. The Bertz CT molecular complexity index is 2530. The Hall–Kier alpha value is -8.53. The molecule has 0 saturated carbocycles. The van der Waals surface area contributed by atoms with Gasteiger partial charge >= 0.3 is 0 Å². The number of ether oxygens (including phenoxy) is 2. The molecule has 6 aromatic rings. The second-order valence-electron chi connectivity index (χ2n) is 16.2. The molecule has 0 bridgehead atoms. The predicted octanol–water partition coefficient (Wildman–Crippen LogP) is -3.38. The monoisotopic (exact) mass is 983 g/mol. The van der Waals surface area contributed by atoms with E-state index in [1.165, 1.54) is 75.1 Å². The van der Waals surface area contributed by atoms with Gasteiger partial charge in [-0.2, -0.15) is 0 Å². The fourth-order valence-electron chi connectivity index (χ4n) is 7.09. The molecule has 6 atom stereocenters. The molecule has 6 heterocycles. The van der Waals surface area contributed by atoms with Crippen LogP contribution in [0.4, 0.5) is 0 Å². The van der Waals surface area contributed by atoms with Crippen molar-refractivity contribution in [2.24, 2.45) is 5.73 Å². The fraction of sp³-hybridized carbons (Fsp3) is 0.419. The third-order valence-electron chi connectivity index (χ3n) is 10.7. The predicted molar refractivity (Wildman–Crippen MR) is 246 cm³/mol. The highest BCUT2D eigenvalue weighted by Gasteiger charge is 2.35. The third kappa shape index (κ3) is 16.9. The molecular weight excluding hydrogens is 927 g/mol. The number of aromatic nitrogens is 12. The third-order valence-corrected chi connectivity index (χ3v) is 10.7. The molecule has 378 valence electrons. The zero-order chi connectivity index (χ0) is 50.4. The molecule has 0 aliphatic rings. The number of imidazole rings is 6. The van der Waals surface area contributed by atoms with Crippen molar-refractivity contribution in [2.45, 2.75) is 88.1 Å². The van der Waals surface area contributed by atoms with Crippen molar-refractivity contribution in [3.05, 3.63) is 109 Å². The number of hydrogen-bond donors (Lipinski definition) is 13. The maximum absolute atomic E-state index is 14.5. The van der Waals surface area contributed by atoms with E-state index in [0.717, 1.165) is 6.42 Å². The Labute approximate surface area is 404 Å². The van der Waals surface area contributed by atoms with Crippen LogP contribution in [0.3, 0.4) is 0 Å². The average Bonchev–Trinajstić information content (AvgIpc) is 4.21. The van der Waals surface area contributed by atoms with E-state index in [9.17, 15) is 33.6 Å². The second-order valence-corrected chi connectivity index (χ2v) is 16.2. The minimum absolute atomic E-state index is 0.0201. The van der Waals surface area contributed by atoms with Crippen molar-refractivity contribution in [1.29, 1.82) is 0 Å². The Morgan fingerprint density at radius 1 is 0.423 bits per heavy atom. The number of carbonyl (C=O) groups is 7. The molecule has 0 aliphatic heterocycles. The smallest absolute Gasteiger partial charge is 0.246 e. The van der Waals surface area contributed by atoms with Crippen LogP contribution in [-0.4, -0.2) is 164 Å². The van der Waals surface area contributed by atoms with Crippen molar-refractivity contribution in [1.82, 2.24) is 91.7 Å². The van der Waals surface area contributed by atoms with E-state index in [2.05, 4.69) is 91.7 Å². The van der Waals surface area contributed by atoms with E-state index in [4.69, 9.17) is 15.2 Å². The molecule has 28 nitrogen and oxygen atoms in total. The highest BCUT2D eigenvalue weighted by Crippen LogP contribution is 2.09. The topological polar surface area (TPSA) is 408 Å². The van der Waals surface area contributed by atoms with Crippen LogP contribution in [0.5, 0.6) is 0 Å². The van der Waals surface area contributed by atoms with Gasteiger partial charge in [0.2, 0.25) is 41.4 Å². The molecule has 0 fully saturated rings. The summed E-state index contributed by atoms with van der Waals surface area (Å²) in [5.41, 5.74) is 8.42. The summed E-state index contributed by atoms with van der Waals surface area (Å²) in [6.45, 7) is 2.56. The van der Waals surface area contributed by atoms with E-state index >= 15 is 0 Å². The van der Waals surface area contributed by atoms with Crippen LogP contribution in [0.15, 0.2) is 75.1 Å². The molecule has 14 N–H and O–H groups in total. The van der Waals surface area contributed by atoms with E-state index in [1.54, 1.807) is 0 Å². The lowest BCUT2D eigenvalue weighted by molar-refractivity contribution is -0.135. The van der Waals surface area contributed by atoms with E-state index in [-0.39, 0.29) is 58.3 Å². The normalized spacial score (nSPS) is 13.7. The van der Waals surface area contributed by atoms with E-state index < -0.39 is 77.6 Å². The molecule has 0 aromatic carbocycles. The molecule has 0 spiro atoms. The maximum Gasteiger partial charge on any atom is 0.246 e. The van der Waals surface area contributed by atoms with E-state index in [0.29, 0.717) is 40.8 Å². The van der Waals surface area contributed by atoms with Crippen LogP contribution in [-0.2, 0) is 81.6 Å². The number of nitrogens with zero attached hydrogens (tertiary/aromatic N) is 6. The summed E-state index contributed by atoms with van der Waals surface area (Å²) in [6.07, 6.45) is 17.3. The highest BCUT2D eigenvalue weighted by atomic mass is 16.5. The SMILES string of the molecule is CCCOCCOCC(=O)N[C@@H](Cc1cnc[nH]1)C(=O)N[C@@H](Cc1cnc[nH]1)C(=O)N[C@@H](Cc1cnc[nH]1)C(=O)N[C@@H](Cc1cnc[nH]1)C(=O)N[C@@H](Cc1cnc[nH]1)C(=O)N[C@@H](Cc1cnc[nH]1)C(N)=O. The van der Waals surface area contributed by atoms with Crippen molar-refractivity contribution in [2.75, 3.05) is 26.4 Å². The number of H-pyrrole nitrogens is 6. The number of nitrogens with two attached hydrogens (primary N) is 1. The van der Waals surface area contributed by atoms with Gasteiger partial charge in [0.25, 0.3) is 0 Å². The van der Waals surface area contributed by atoms with E-state index in [1.807, 2.05) is 6.92 Å². The summed E-state index contributed by atoms with van der Waals surface area (Å²) >= 11 is 0. The number of hydrogen-bond acceptors (Lipinski definition) is 15. The molecule has 6 aromatic heterocycles. The Morgan fingerprint density at radius 3 is 0.958 bits per heavy atom. The van der Waals surface area contributed by atoms with Crippen LogP contribution in [0.25, 0.3) is 0 Å². The lowest BCUT2D eigenvalue weighted by Gasteiger charge is -2.27. The van der Waals surface area contributed by atoms with Gasteiger partial charge in [0.1, 0.15) is 42.9 Å². The summed E-state index contributed by atoms with van der Waals surface area (Å²) in [5, 5.41) is 16.1. The van der Waals surface area contributed by atoms with Gasteiger partial charge in [0.15, 0.2) is 0 Å². The first-order valence-electron chi connectivity index (χ1n) is 22.5. The highest BCUT2D eigenvalue weighted by molar-refractivity contribution is 5.97. The van der Waals surface area contributed by atoms with Gasteiger partial charge in [-0.25, -0.2) is 29.9 Å². The number of primary amides is 1. The molecule has 6 rings (SSSR count). The largest absolute Gasteiger partial charge is 0.379 e. The molecule has 0 aliphatic carbocycles. The number of rotatable bonds is 31. The zero-order valence-electron chi connectivity index (χ0n) is 38.6. The standard InChI is InChI=1S/C43H57N19O9/c1-2-3-70-4-5-71-18-37(63)57-32(7-26-13-46-20-52-26)39(65)59-34(9-28-15-48-22-54-28)41(67)61-36(11-30-17-50-24-56-30)43(69)62-35(10-29-16-49-23-55-29)42(68)60-33(8-27-14-47-21-53-27)40(66)58-31(38(44)64)6-25-12-45-19-51-25/h12-17,19-24,31-36H,2-11,18H2,1H3,(H2,44,64)(H,45,51)(H,46,52)(H,47,53)(H,48,54)(H,49,55)(H,50,56)(H,57,63)(H,58,66)(H,59,65)(H,60,68)(H,61,67)(H,62,69)/t31-,32-,33-,34-,35-,36-/m0/s1. The van der Waals surface area contributed by atoms with Crippen molar-refractivity contribution in [3.8, 4) is 0 Å². The molecule has 0 saturated heterocycles. The molecule has 0 radical (unpaired) electrons. The van der Waals surface area contributed by atoms with Crippen LogP contribution in [0, 0.1) is 0 Å². The van der Waals surface area contributed by atoms with Crippen molar-refractivity contribution >= 4 is 41.4 Å². The van der Waals surface area contributed by atoms with Gasteiger partial charge in [0.05, 0.1) is 51.2 Å². The van der Waals surface area contributed by atoms with Gasteiger partial charge in [-0.15, -0.1) is 0 Å². The molecule has 7 amide bonds. The zero-order valence-corrected chi connectivity index (χ0v) is 38.6. The molecule has 0 unspecified atom stereocenters. The van der Waals surface area contributed by atoms with Crippen LogP contribution in [0.2, 0.25) is 0 Å². The summed E-state index contributed by atoms with van der Waals surface area (Å²) in [7, 11) is 0. The average molecular weight is 984 g/mol. The van der Waals surface area contributed by atoms with Crippen molar-refractivity contribution in [3.63, 3.8) is 0 Å². The van der Waals surface area contributed by atoms with Gasteiger partial charge in [0, 0.05) is 116 Å². The summed E-state index contributed by atoms with van der Waals surface area (Å²) in [5.74, 6) is -5.45. The quantitative estimate of drug-likeness (QED) is 0.0189. The minimum atomic E-state index is -1.41. The summed E-state index contributed by atoms with van der Waals surface area (Å²) in [6, 6.07) is -7.93. The number of amides is 7. The Kier molecular flexibility index (Phi) is 19.6. The van der Waals surface area contributed by atoms with Crippen LogP contribution >= 0.6 is 0 Å². The van der Waals surface area contributed by atoms with Gasteiger partial charge in [-0.3, -0.25) is 33.6 Å². The lowest BCUT2D eigenvalue weighted by Crippen LogP contribution is -2.61. The first-order chi connectivity index (χ1) is 34.4. The number of carbonyl (C=O) groups excluding carboxylic acids is 7. The summed E-state index contributed by atoms with van der Waals surface area (Å²) in [4.78, 5) is 138. The van der Waals surface area contributed by atoms with Gasteiger partial charge in [-0.05, 0) is 6.42 Å². The Morgan fingerprint density at radius 2 is 0.690 bits per heavy atom. The lowest BCUT2D eigenvalue weighted by atomic mass is 10.0. The number of aromatic amines is 6. The van der Waals surface area contributed by atoms with Gasteiger partial charge < -0.3 is 77.0 Å². The second kappa shape index (κ2) is 26.9. The first kappa shape index (κ1) is 51.9. The van der Waals surface area contributed by atoms with Crippen LogP contribution < -0.4 is 37.6 Å². The molecule has 71 heavy (non-hydrogen) atoms.